The Morgan fingerprint density at radius 3 is 0.911 bits per heavy atom. The molecule has 0 radical (unpaired) electrons. The van der Waals surface area contributed by atoms with Gasteiger partial charge in [0.2, 0.25) is 18.2 Å². The van der Waals surface area contributed by atoms with Gasteiger partial charge in [-0.2, -0.15) is 132 Å². The molecule has 29 heteroatoms. The monoisotopic (exact) mass is 1150 g/mol. The van der Waals surface area contributed by atoms with E-state index in [0.717, 1.165) is 10.8 Å². The molecule has 0 fully saturated rings. The minimum absolute atomic E-state index is 0.0544. The quantitative estimate of drug-likeness (QED) is 0.0713. The van der Waals surface area contributed by atoms with Crippen molar-refractivity contribution in [2.75, 3.05) is 0 Å². The largest absolute Gasteiger partial charge is 0.416 e. The van der Waals surface area contributed by atoms with Crippen LogP contribution in [-0.2, 0) is 56.0 Å². The molecule has 0 aliphatic carbocycles. The number of rotatable bonds is 8. The standard InChI is InChI=1S/C32H12BF24.C18H14N2O2/c34-25(35,36)13-1-14(26(37,38)39)6-21(5-13)33(22-7-15(27(40,41)42)2-16(8-22)28(43,44)45,23-9-17(29(46,47)48)3-18(10-23)30(49,50)51)24-11-19(31(52,53)54)4-20(12-24)32(55,56)57;19-18(22)15-6-7-16-11-20(9-8-14(16)10-15)12-17(21)13-4-2-1-3-5-13/h1-12H;1-11H,12H2,(H-,19,22)/q-1;/p+1. The third-order valence-electron chi connectivity index (χ3n) is 12.0. The number of pyridine rings is 1. The first kappa shape index (κ1) is 60.5. The molecule has 0 atom stereocenters. The lowest BCUT2D eigenvalue weighted by Crippen LogP contribution is -2.75. The summed E-state index contributed by atoms with van der Waals surface area (Å²) >= 11 is 0. The molecule has 0 aliphatic heterocycles. The zero-order valence-electron chi connectivity index (χ0n) is 38.5. The van der Waals surface area contributed by atoms with Gasteiger partial charge in [0, 0.05) is 22.6 Å². The number of benzene rings is 6. The molecular weight excluding hydrogens is 1130 g/mol. The zero-order chi connectivity index (χ0) is 59.4. The Morgan fingerprint density at radius 1 is 0.354 bits per heavy atom. The van der Waals surface area contributed by atoms with Crippen LogP contribution < -0.4 is 32.2 Å². The van der Waals surface area contributed by atoms with Gasteiger partial charge >= 0.3 is 49.4 Å². The number of hydrogen-bond acceptors (Lipinski definition) is 2. The van der Waals surface area contributed by atoms with Crippen molar-refractivity contribution in [1.82, 2.24) is 0 Å². The van der Waals surface area contributed by atoms with Gasteiger partial charge in [-0.15, -0.1) is 0 Å². The number of carbonyl (C=O) groups is 2. The van der Waals surface area contributed by atoms with Gasteiger partial charge < -0.3 is 5.73 Å². The topological polar surface area (TPSA) is 64.0 Å². The number of Topliss-reactive ketones (excluding diaryl/α,β-unsaturated/α-hetero) is 1. The van der Waals surface area contributed by atoms with Crippen LogP contribution in [0.1, 0.15) is 65.2 Å². The minimum Gasteiger partial charge on any atom is -0.366 e. The Bertz CT molecular complexity index is 2990. The first-order chi connectivity index (χ1) is 35.9. The summed E-state index contributed by atoms with van der Waals surface area (Å²) in [6, 6.07) is 7.54. The molecular formula is C50H27BF24N2O2. The zero-order valence-corrected chi connectivity index (χ0v) is 38.5. The molecule has 1 aromatic heterocycles. The predicted octanol–water partition coefficient (Wildman–Crippen LogP) is 13.3. The Balaban J connectivity index is 0.000000378. The number of primary amides is 1. The van der Waals surface area contributed by atoms with E-state index < -0.39 is 201 Å². The number of halogens is 24. The molecule has 6 aromatic carbocycles. The second-order valence-electron chi connectivity index (χ2n) is 17.3. The molecule has 4 nitrogen and oxygen atoms in total. The van der Waals surface area contributed by atoms with Gasteiger partial charge in [-0.1, -0.05) is 78.9 Å². The Morgan fingerprint density at radius 2 is 0.646 bits per heavy atom. The molecule has 0 saturated carbocycles. The molecule has 1 amide bonds. The first-order valence-electron chi connectivity index (χ1n) is 21.6. The summed E-state index contributed by atoms with van der Waals surface area (Å²) in [5.74, 6) is -0.392. The van der Waals surface area contributed by atoms with Gasteiger partial charge in [0.25, 0.3) is 0 Å². The maximum absolute atomic E-state index is 14.2. The first-order valence-corrected chi connectivity index (χ1v) is 21.6. The number of nitrogens with zero attached hydrogens (tertiary/aromatic N) is 1. The van der Waals surface area contributed by atoms with Gasteiger partial charge in [0.15, 0.2) is 12.4 Å². The minimum atomic E-state index is -6.13. The highest BCUT2D eigenvalue weighted by atomic mass is 19.4. The Labute approximate surface area is 426 Å². The predicted molar refractivity (Wildman–Crippen MR) is 234 cm³/mol. The smallest absolute Gasteiger partial charge is 0.366 e. The molecule has 0 unspecified atom stereocenters. The van der Waals surface area contributed by atoms with Crippen LogP contribution in [0.25, 0.3) is 10.8 Å². The van der Waals surface area contributed by atoms with E-state index in [1.165, 1.54) is 0 Å². The number of amides is 1. The maximum atomic E-state index is 14.2. The molecule has 0 saturated heterocycles. The van der Waals surface area contributed by atoms with Crippen molar-refractivity contribution in [1.29, 1.82) is 0 Å². The van der Waals surface area contributed by atoms with E-state index in [4.69, 9.17) is 5.73 Å². The van der Waals surface area contributed by atoms with Gasteiger partial charge in [-0.05, 0) is 47.9 Å². The molecule has 0 spiro atoms. The van der Waals surface area contributed by atoms with Crippen LogP contribution >= 0.6 is 0 Å². The van der Waals surface area contributed by atoms with Crippen LogP contribution in [0.15, 0.2) is 140 Å². The average molecular weight is 1150 g/mol. The van der Waals surface area contributed by atoms with Crippen LogP contribution in [0.4, 0.5) is 105 Å². The number of alkyl halides is 24. The summed E-state index contributed by atoms with van der Waals surface area (Å²) in [5, 5.41) is 1.87. The van der Waals surface area contributed by atoms with Gasteiger partial charge in [-0.25, -0.2) is 0 Å². The molecule has 1 heterocycles. The lowest BCUT2D eigenvalue weighted by Gasteiger charge is -2.46. The molecule has 79 heavy (non-hydrogen) atoms. The lowest BCUT2D eigenvalue weighted by molar-refractivity contribution is -0.681. The van der Waals surface area contributed by atoms with Gasteiger partial charge in [0.05, 0.1) is 44.5 Å². The number of carbonyl (C=O) groups excluding carboxylic acids is 2. The fourth-order valence-corrected chi connectivity index (χ4v) is 8.44. The van der Waals surface area contributed by atoms with Crippen LogP contribution in [-0.4, -0.2) is 17.8 Å². The molecule has 0 aliphatic rings. The number of fused-ring (bicyclic) bond motifs is 1. The third-order valence-corrected chi connectivity index (χ3v) is 12.0. The highest BCUT2D eigenvalue weighted by molar-refractivity contribution is 7.20. The maximum Gasteiger partial charge on any atom is 0.416 e. The number of aromatic nitrogens is 1. The van der Waals surface area contributed by atoms with E-state index in [1.807, 2.05) is 59.4 Å². The van der Waals surface area contributed by atoms with E-state index in [2.05, 4.69) is 0 Å². The Hall–Kier alpha value is -7.75. The number of hydrogen-bond donors (Lipinski definition) is 1. The van der Waals surface area contributed by atoms with E-state index >= 15 is 0 Å². The molecule has 420 valence electrons. The summed E-state index contributed by atoms with van der Waals surface area (Å²) in [5.41, 5.74) is -23.8. The number of ketones is 1. The summed E-state index contributed by atoms with van der Waals surface area (Å²) in [7, 11) is 0. The van der Waals surface area contributed by atoms with E-state index in [1.54, 1.807) is 12.1 Å². The van der Waals surface area contributed by atoms with Gasteiger partial charge in [-0.3, -0.25) is 9.59 Å². The van der Waals surface area contributed by atoms with Crippen molar-refractivity contribution >= 4 is 50.5 Å². The van der Waals surface area contributed by atoms with Crippen LogP contribution in [0.3, 0.4) is 0 Å². The summed E-state index contributed by atoms with van der Waals surface area (Å²) in [4.78, 5) is 23.4. The summed E-state index contributed by atoms with van der Waals surface area (Å²) in [6.07, 6.45) is -51.1. The second-order valence-corrected chi connectivity index (χ2v) is 17.3. The van der Waals surface area contributed by atoms with E-state index in [-0.39, 0.29) is 12.3 Å². The fourth-order valence-electron chi connectivity index (χ4n) is 8.44. The van der Waals surface area contributed by atoms with Crippen molar-refractivity contribution in [3.8, 4) is 0 Å². The highest BCUT2D eigenvalue weighted by Crippen LogP contribution is 2.41. The van der Waals surface area contributed by atoms with Crippen molar-refractivity contribution in [2.24, 2.45) is 5.73 Å². The normalized spacial score (nSPS) is 13.3. The second kappa shape index (κ2) is 20.8. The van der Waals surface area contributed by atoms with Crippen LogP contribution in [0.5, 0.6) is 0 Å². The lowest BCUT2D eigenvalue weighted by atomic mass is 9.12. The third kappa shape index (κ3) is 13.8. The average Bonchev–Trinajstić information content (AvgIpc) is 3.54. The molecule has 2 N–H and O–H groups in total. The van der Waals surface area contributed by atoms with Crippen LogP contribution in [0, 0.1) is 0 Å². The molecule has 7 aromatic rings. The van der Waals surface area contributed by atoms with Crippen molar-refractivity contribution in [3.63, 3.8) is 0 Å². The van der Waals surface area contributed by atoms with Crippen LogP contribution in [0.2, 0.25) is 0 Å². The SMILES string of the molecule is FC(F)(F)c1cc([B-](c2cc(C(F)(F)F)cc(C(F)(F)F)c2)(c2cc(C(F)(F)F)cc(C(F)(F)F)c2)c2cc(C(F)(F)F)cc(C(F)(F)F)c2)cc(C(F)(F)F)c1.NC(=O)c1ccc2c[n+](CC(=O)c3ccccc3)ccc2c1. The van der Waals surface area contributed by atoms with Crippen molar-refractivity contribution in [2.45, 2.75) is 56.0 Å². The molecule has 0 bridgehead atoms. The van der Waals surface area contributed by atoms with E-state index in [0.29, 0.717) is 11.1 Å². The fraction of sp³-hybridized carbons (Fsp3) is 0.180. The van der Waals surface area contributed by atoms with Gasteiger partial charge in [0.1, 0.15) is 6.15 Å². The van der Waals surface area contributed by atoms with E-state index in [9.17, 15) is 115 Å². The van der Waals surface area contributed by atoms with Crippen molar-refractivity contribution in [3.05, 3.63) is 195 Å². The van der Waals surface area contributed by atoms with Crippen molar-refractivity contribution < 1.29 is 120 Å². The molecule has 7 rings (SSSR count). The summed E-state index contributed by atoms with van der Waals surface area (Å²) < 4.78 is 343. The summed E-state index contributed by atoms with van der Waals surface area (Å²) in [6.45, 7) is 0.275. The Kier molecular flexibility index (Phi) is 15.9. The highest BCUT2D eigenvalue weighted by Gasteiger charge is 2.47. The number of nitrogens with two attached hydrogens (primary N) is 1.